The first kappa shape index (κ1) is 40.4. The lowest BCUT2D eigenvalue weighted by Crippen LogP contribution is -2.32. The van der Waals surface area contributed by atoms with Crippen LogP contribution in [-0.4, -0.2) is 85.2 Å². The second kappa shape index (κ2) is 16.5. The number of benzene rings is 1. The molecular formula is C37H52N9O8P. The number of carbonyl (C=O) groups excluding carboxylic acids is 1. The first-order chi connectivity index (χ1) is 26.1. The van der Waals surface area contributed by atoms with E-state index in [9.17, 15) is 18.9 Å². The molecule has 2 aliphatic rings. The van der Waals surface area contributed by atoms with Crippen molar-refractivity contribution in [3.8, 4) is 0 Å². The molecule has 5 heterocycles. The highest BCUT2D eigenvalue weighted by molar-refractivity contribution is 7.51. The molecule has 0 spiro atoms. The highest BCUT2D eigenvalue weighted by Crippen LogP contribution is 2.56. The Kier molecular flexibility index (Phi) is 12.1. The minimum atomic E-state index is -3.92. The van der Waals surface area contributed by atoms with Crippen molar-refractivity contribution in [2.24, 2.45) is 23.7 Å². The van der Waals surface area contributed by atoms with Crippen LogP contribution in [0.2, 0.25) is 0 Å². The molecule has 3 aromatic heterocycles. The zero-order valence-corrected chi connectivity index (χ0v) is 33.6. The van der Waals surface area contributed by atoms with Gasteiger partial charge in [0.25, 0.3) is 11.5 Å². The Morgan fingerprint density at radius 2 is 1.71 bits per heavy atom. The number of hydrogen-bond donors (Lipinski definition) is 3. The number of H-pyrrole nitrogens is 1. The number of hydrogen-bond acceptors (Lipinski definition) is 12. The minimum Gasteiger partial charge on any atom is -0.355 e. The van der Waals surface area contributed by atoms with E-state index < -0.39 is 44.2 Å². The number of nitrogens with one attached hydrogen (secondary N) is 3. The van der Waals surface area contributed by atoms with Gasteiger partial charge < -0.3 is 20.1 Å². The van der Waals surface area contributed by atoms with Crippen LogP contribution >= 0.6 is 7.75 Å². The lowest BCUT2D eigenvalue weighted by Gasteiger charge is -2.31. The van der Waals surface area contributed by atoms with E-state index in [0.717, 1.165) is 0 Å². The summed E-state index contributed by atoms with van der Waals surface area (Å²) >= 11 is 0. The molecule has 0 bridgehead atoms. The number of aromatic nitrogens is 6. The molecule has 0 aliphatic carbocycles. The van der Waals surface area contributed by atoms with Crippen LogP contribution in [0.4, 0.5) is 11.8 Å². The number of carbonyl (C=O) groups is 1. The third kappa shape index (κ3) is 8.32. The molecule has 2 saturated heterocycles. The monoisotopic (exact) mass is 781 g/mol. The lowest BCUT2D eigenvalue weighted by molar-refractivity contribution is -0.0417. The summed E-state index contributed by atoms with van der Waals surface area (Å²) in [7, 11) is -0.668. The van der Waals surface area contributed by atoms with Crippen molar-refractivity contribution in [1.82, 2.24) is 33.7 Å². The van der Waals surface area contributed by atoms with Crippen LogP contribution in [0.1, 0.15) is 76.3 Å². The van der Waals surface area contributed by atoms with Gasteiger partial charge in [0.15, 0.2) is 11.2 Å². The van der Waals surface area contributed by atoms with E-state index in [4.69, 9.17) is 18.5 Å². The number of fused-ring (bicyclic) bond motifs is 1. The normalized spacial score (nSPS) is 26.5. The summed E-state index contributed by atoms with van der Waals surface area (Å²) in [5, 5.41) is 5.89. The number of imidazole rings is 1. The van der Waals surface area contributed by atoms with Gasteiger partial charge in [0, 0.05) is 35.7 Å². The molecule has 1 amide bonds. The van der Waals surface area contributed by atoms with Gasteiger partial charge in [-0.1, -0.05) is 59.7 Å². The van der Waals surface area contributed by atoms with E-state index in [1.807, 2.05) is 33.8 Å². The summed E-state index contributed by atoms with van der Waals surface area (Å²) in [6.45, 7) is 14.3. The molecule has 298 valence electrons. The number of anilines is 2. The van der Waals surface area contributed by atoms with Gasteiger partial charge >= 0.3 is 13.4 Å². The highest BCUT2D eigenvalue weighted by Gasteiger charge is 2.49. The van der Waals surface area contributed by atoms with Crippen molar-refractivity contribution >= 4 is 36.6 Å². The molecule has 2 fully saturated rings. The third-order valence-corrected chi connectivity index (χ3v) is 12.4. The Bertz CT molecular complexity index is 2160. The SMILES string of the molecule is CC[C@H]1O[C@@H](n2cnc3c(=O)[nH]c(NCC(C)C)nc32)C(C)[C@H]1OP(=O)(OC[C@H]1O[C@@H](n2cc(C)c(NC(=O)c3ccccc3)nc2=O)C(C)[C@H]1C)N(C)C. The average molecular weight is 782 g/mol. The number of rotatable bonds is 14. The van der Waals surface area contributed by atoms with Crippen molar-refractivity contribution in [2.75, 3.05) is 37.9 Å². The number of amides is 1. The van der Waals surface area contributed by atoms with E-state index in [1.54, 1.807) is 56.0 Å². The molecule has 3 N–H and O–H groups in total. The van der Waals surface area contributed by atoms with Gasteiger partial charge in [-0.05, 0) is 51.4 Å². The number of nitrogens with zero attached hydrogens (tertiary/aromatic N) is 6. The Labute approximate surface area is 319 Å². The molecule has 0 radical (unpaired) electrons. The highest BCUT2D eigenvalue weighted by atomic mass is 31.2. The van der Waals surface area contributed by atoms with Gasteiger partial charge in [-0.15, -0.1) is 0 Å². The average Bonchev–Trinajstić information content (AvgIpc) is 3.80. The molecule has 4 aromatic rings. The van der Waals surface area contributed by atoms with Gasteiger partial charge in [0.2, 0.25) is 5.95 Å². The summed E-state index contributed by atoms with van der Waals surface area (Å²) in [5.74, 6) is -0.115. The Morgan fingerprint density at radius 1 is 1.02 bits per heavy atom. The van der Waals surface area contributed by atoms with Crippen LogP contribution in [0.3, 0.4) is 0 Å². The summed E-state index contributed by atoms with van der Waals surface area (Å²) < 4.78 is 44.5. The predicted molar refractivity (Wildman–Crippen MR) is 207 cm³/mol. The number of ether oxygens (including phenoxy) is 2. The molecule has 9 atom stereocenters. The molecule has 3 unspecified atom stereocenters. The van der Waals surface area contributed by atoms with Crippen LogP contribution in [0, 0.1) is 30.6 Å². The zero-order valence-electron chi connectivity index (χ0n) is 32.8. The molecular weight excluding hydrogens is 729 g/mol. The van der Waals surface area contributed by atoms with Crippen LogP contribution in [0.5, 0.6) is 0 Å². The fourth-order valence-corrected chi connectivity index (χ4v) is 8.38. The van der Waals surface area contributed by atoms with Gasteiger partial charge in [0.05, 0.1) is 25.1 Å². The topological polar surface area (TPSA) is 197 Å². The maximum atomic E-state index is 14.5. The summed E-state index contributed by atoms with van der Waals surface area (Å²) in [6, 6.07) is 8.68. The van der Waals surface area contributed by atoms with Crippen LogP contribution < -0.4 is 21.9 Å². The van der Waals surface area contributed by atoms with Crippen LogP contribution in [0.15, 0.2) is 52.4 Å². The summed E-state index contributed by atoms with van der Waals surface area (Å²) in [5.41, 5.74) is 0.632. The van der Waals surface area contributed by atoms with Crippen molar-refractivity contribution in [1.29, 1.82) is 0 Å². The molecule has 2 aliphatic heterocycles. The van der Waals surface area contributed by atoms with E-state index >= 15 is 0 Å². The maximum Gasteiger partial charge on any atom is 0.408 e. The minimum absolute atomic E-state index is 0.0724. The molecule has 0 saturated carbocycles. The first-order valence-corrected chi connectivity index (χ1v) is 20.2. The number of aryl methyl sites for hydroxylation is 1. The fourth-order valence-electron chi connectivity index (χ4n) is 6.93. The Morgan fingerprint density at radius 3 is 2.38 bits per heavy atom. The zero-order chi connectivity index (χ0) is 39.8. The molecule has 18 heteroatoms. The molecule has 55 heavy (non-hydrogen) atoms. The quantitative estimate of drug-likeness (QED) is 0.142. The standard InChI is InChI=1S/C37H52N9O8P/c1-10-26-29(24(7)35(52-26)46-19-39-28-31(46)42-36(43-33(28)48)38-16-20(2)3)54-55(50,44(8)9)51-18-27-22(5)23(6)34(53-27)45-17-21(4)30(41-37(45)49)40-32(47)25-14-12-11-13-15-25/h11-15,17,19-20,22-24,26-27,29,34-35H,10,16,18H2,1-9H3,(H2,38,42,43,48)(H,40,41,47,49)/t22-,23?,24?,26-,27-,29-,34-,35-,55?/m1/s1. The second-order valence-electron chi connectivity index (χ2n) is 15.1. The second-order valence-corrected chi connectivity index (χ2v) is 17.3. The summed E-state index contributed by atoms with van der Waals surface area (Å²) in [6.07, 6.45) is 0.782. The molecule has 6 rings (SSSR count). The van der Waals surface area contributed by atoms with Gasteiger partial charge in [-0.2, -0.15) is 9.97 Å². The fraction of sp³-hybridized carbons (Fsp3) is 0.568. The van der Waals surface area contributed by atoms with E-state index in [2.05, 4.69) is 44.4 Å². The lowest BCUT2D eigenvalue weighted by atomic mass is 9.93. The van der Waals surface area contributed by atoms with Crippen molar-refractivity contribution in [2.45, 2.75) is 85.7 Å². The Hall–Kier alpha value is -4.25. The Balaban J connectivity index is 1.15. The molecule has 17 nitrogen and oxygen atoms in total. The van der Waals surface area contributed by atoms with Crippen LogP contribution in [-0.2, 0) is 23.1 Å². The number of aromatic amines is 1. The van der Waals surface area contributed by atoms with E-state index in [0.29, 0.717) is 41.6 Å². The van der Waals surface area contributed by atoms with Gasteiger partial charge in [0.1, 0.15) is 24.4 Å². The van der Waals surface area contributed by atoms with E-state index in [1.165, 1.54) is 15.6 Å². The van der Waals surface area contributed by atoms with Gasteiger partial charge in [-0.3, -0.25) is 32.8 Å². The van der Waals surface area contributed by atoms with Crippen LogP contribution in [0.25, 0.3) is 11.2 Å². The summed E-state index contributed by atoms with van der Waals surface area (Å²) in [4.78, 5) is 54.8. The van der Waals surface area contributed by atoms with E-state index in [-0.39, 0.29) is 47.2 Å². The maximum absolute atomic E-state index is 14.5. The van der Waals surface area contributed by atoms with Crippen molar-refractivity contribution < 1.29 is 27.9 Å². The third-order valence-electron chi connectivity index (χ3n) is 10.4. The molecule has 1 aromatic carbocycles. The first-order valence-electron chi connectivity index (χ1n) is 18.7. The van der Waals surface area contributed by atoms with Crippen molar-refractivity contribution in [3.63, 3.8) is 0 Å². The van der Waals surface area contributed by atoms with Gasteiger partial charge in [-0.25, -0.2) is 19.0 Å². The largest absolute Gasteiger partial charge is 0.408 e. The van der Waals surface area contributed by atoms with Crippen molar-refractivity contribution in [3.05, 3.63) is 74.8 Å². The predicted octanol–water partition coefficient (Wildman–Crippen LogP) is 5.19. The smallest absolute Gasteiger partial charge is 0.355 e.